The molecule has 168 valence electrons. The van der Waals surface area contributed by atoms with Crippen molar-refractivity contribution >= 4 is 33.2 Å². The molecule has 3 N–H and O–H groups in total. The van der Waals surface area contributed by atoms with E-state index in [1.54, 1.807) is 18.2 Å². The van der Waals surface area contributed by atoms with Crippen molar-refractivity contribution in [1.29, 1.82) is 0 Å². The van der Waals surface area contributed by atoms with Crippen molar-refractivity contribution < 1.29 is 22.3 Å². The van der Waals surface area contributed by atoms with Gasteiger partial charge < -0.3 is 10.1 Å². The van der Waals surface area contributed by atoms with Gasteiger partial charge in [-0.2, -0.15) is 0 Å². The molecule has 0 saturated carbocycles. The van der Waals surface area contributed by atoms with Gasteiger partial charge in [-0.1, -0.05) is 44.5 Å². The van der Waals surface area contributed by atoms with Crippen LogP contribution in [0.5, 0.6) is 11.5 Å². The number of carbonyl (C=O) groups excluding carboxylic acids is 1. The average Bonchev–Trinajstić information content (AvgIpc) is 2.69. The molecule has 3 rings (SSSR count). The molecule has 0 fully saturated rings. The number of rotatable bonds is 5. The topological polar surface area (TPSA) is 98.5 Å². The van der Waals surface area contributed by atoms with Crippen molar-refractivity contribution in [2.75, 3.05) is 5.32 Å². The van der Waals surface area contributed by atoms with E-state index < -0.39 is 21.7 Å². The van der Waals surface area contributed by atoms with Gasteiger partial charge in [0.05, 0.1) is 15.5 Å². The van der Waals surface area contributed by atoms with Crippen molar-refractivity contribution in [3.63, 3.8) is 0 Å². The van der Waals surface area contributed by atoms with E-state index in [4.69, 9.17) is 21.5 Å². The number of ether oxygens (including phenoxy) is 1. The highest BCUT2D eigenvalue weighted by atomic mass is 35.5. The second-order valence-corrected chi connectivity index (χ2v) is 10.1. The molecule has 1 amide bonds. The molecule has 0 aliphatic carbocycles. The zero-order valence-corrected chi connectivity index (χ0v) is 19.2. The van der Waals surface area contributed by atoms with Crippen molar-refractivity contribution in [2.45, 2.75) is 31.1 Å². The zero-order chi connectivity index (χ0) is 23.7. The van der Waals surface area contributed by atoms with E-state index in [0.29, 0.717) is 0 Å². The van der Waals surface area contributed by atoms with E-state index in [9.17, 15) is 17.6 Å². The number of hydrogen-bond donors (Lipinski definition) is 2. The summed E-state index contributed by atoms with van der Waals surface area (Å²) in [5.41, 5.74) is 1.09. The van der Waals surface area contributed by atoms with Crippen molar-refractivity contribution in [1.82, 2.24) is 0 Å². The lowest BCUT2D eigenvalue weighted by Crippen LogP contribution is -2.17. The van der Waals surface area contributed by atoms with E-state index in [0.717, 1.165) is 11.6 Å². The SMILES string of the molecule is CC(C)(C)c1ccc(C(=O)Nc2cccc(S(N)(=O)=O)c2)c(Oc2ccc(F)cc2Cl)c1. The molecule has 0 saturated heterocycles. The number of primary sulfonamides is 1. The fraction of sp³-hybridized carbons (Fsp3) is 0.174. The Morgan fingerprint density at radius 1 is 1.03 bits per heavy atom. The van der Waals surface area contributed by atoms with Crippen LogP contribution in [0, 0.1) is 5.82 Å². The molecule has 0 aliphatic rings. The summed E-state index contributed by atoms with van der Waals surface area (Å²) in [5, 5.41) is 7.86. The Bertz CT molecular complexity index is 1290. The van der Waals surface area contributed by atoms with Gasteiger partial charge in [-0.15, -0.1) is 0 Å². The van der Waals surface area contributed by atoms with Gasteiger partial charge in [-0.05, 0) is 59.5 Å². The lowest BCUT2D eigenvalue weighted by molar-refractivity contribution is 0.102. The van der Waals surface area contributed by atoms with Crippen LogP contribution in [0.4, 0.5) is 10.1 Å². The Hall–Kier alpha value is -2.94. The molecule has 3 aromatic carbocycles. The van der Waals surface area contributed by atoms with Crippen molar-refractivity contribution in [2.24, 2.45) is 5.14 Å². The zero-order valence-electron chi connectivity index (χ0n) is 17.6. The minimum atomic E-state index is -3.93. The molecule has 32 heavy (non-hydrogen) atoms. The summed E-state index contributed by atoms with van der Waals surface area (Å²) in [6, 6.07) is 14.4. The number of hydrogen-bond acceptors (Lipinski definition) is 4. The number of anilines is 1. The molecule has 3 aromatic rings. The fourth-order valence-corrected chi connectivity index (χ4v) is 3.65. The van der Waals surface area contributed by atoms with E-state index in [1.807, 2.05) is 20.8 Å². The van der Waals surface area contributed by atoms with E-state index in [-0.39, 0.29) is 38.1 Å². The summed E-state index contributed by atoms with van der Waals surface area (Å²) in [6.45, 7) is 6.03. The standard InChI is InChI=1S/C23H22ClFN2O4S/c1-23(2,3)14-7-9-18(21(11-14)31-20-10-8-15(25)12-19(20)24)22(28)27-16-5-4-6-17(13-16)32(26,29)30/h4-13H,1-3H3,(H,27,28)(H2,26,29,30). The van der Waals surface area contributed by atoms with Gasteiger partial charge in [-0.25, -0.2) is 17.9 Å². The van der Waals surface area contributed by atoms with Crippen LogP contribution in [0.3, 0.4) is 0 Å². The normalized spacial score (nSPS) is 11.8. The van der Waals surface area contributed by atoms with Crippen LogP contribution in [0.15, 0.2) is 65.6 Å². The van der Waals surface area contributed by atoms with Gasteiger partial charge in [0.2, 0.25) is 10.0 Å². The summed E-state index contributed by atoms with van der Waals surface area (Å²) >= 11 is 6.10. The van der Waals surface area contributed by atoms with Gasteiger partial charge in [-0.3, -0.25) is 4.79 Å². The number of benzene rings is 3. The molecular weight excluding hydrogens is 455 g/mol. The minimum absolute atomic E-state index is 0.0540. The van der Waals surface area contributed by atoms with Gasteiger partial charge in [0.1, 0.15) is 17.3 Å². The highest BCUT2D eigenvalue weighted by molar-refractivity contribution is 7.89. The summed E-state index contributed by atoms with van der Waals surface area (Å²) in [5.74, 6) is -0.654. The van der Waals surface area contributed by atoms with Crippen LogP contribution >= 0.6 is 11.6 Å². The fourth-order valence-electron chi connectivity index (χ4n) is 2.89. The first-order chi connectivity index (χ1) is 14.8. The summed E-state index contributed by atoms with van der Waals surface area (Å²) in [7, 11) is -3.93. The average molecular weight is 477 g/mol. The number of sulfonamides is 1. The van der Waals surface area contributed by atoms with Crippen LogP contribution < -0.4 is 15.2 Å². The lowest BCUT2D eigenvalue weighted by atomic mass is 9.86. The largest absolute Gasteiger partial charge is 0.455 e. The summed E-state index contributed by atoms with van der Waals surface area (Å²) in [6.07, 6.45) is 0. The van der Waals surface area contributed by atoms with Crippen molar-refractivity contribution in [3.05, 3.63) is 82.6 Å². The van der Waals surface area contributed by atoms with Crippen LogP contribution in [0.2, 0.25) is 5.02 Å². The molecule has 0 atom stereocenters. The van der Waals surface area contributed by atoms with Gasteiger partial charge >= 0.3 is 0 Å². The second-order valence-electron chi connectivity index (χ2n) is 8.16. The Kier molecular flexibility index (Phi) is 6.59. The molecular formula is C23H22ClFN2O4S. The molecule has 9 heteroatoms. The minimum Gasteiger partial charge on any atom is -0.455 e. The summed E-state index contributed by atoms with van der Waals surface area (Å²) < 4.78 is 42.5. The Morgan fingerprint density at radius 3 is 2.38 bits per heavy atom. The molecule has 0 aliphatic heterocycles. The smallest absolute Gasteiger partial charge is 0.259 e. The second kappa shape index (κ2) is 8.90. The number of nitrogens with one attached hydrogen (secondary N) is 1. The first-order valence-corrected chi connectivity index (χ1v) is 11.5. The lowest BCUT2D eigenvalue weighted by Gasteiger charge is -2.21. The van der Waals surface area contributed by atoms with Crippen molar-refractivity contribution in [3.8, 4) is 11.5 Å². The molecule has 0 aromatic heterocycles. The van der Waals surface area contributed by atoms with Crippen LogP contribution in [-0.4, -0.2) is 14.3 Å². The molecule has 0 heterocycles. The Balaban J connectivity index is 2.00. The predicted octanol–water partition coefficient (Wildman–Crippen LogP) is 5.47. The van der Waals surface area contributed by atoms with Crippen LogP contribution in [0.25, 0.3) is 0 Å². The monoisotopic (exact) mass is 476 g/mol. The van der Waals surface area contributed by atoms with Gasteiger partial charge in [0.25, 0.3) is 5.91 Å². The maximum absolute atomic E-state index is 13.4. The van der Waals surface area contributed by atoms with Crippen LogP contribution in [-0.2, 0) is 15.4 Å². The third-order valence-electron chi connectivity index (χ3n) is 4.63. The molecule has 0 unspecified atom stereocenters. The Morgan fingerprint density at radius 2 is 1.75 bits per heavy atom. The molecule has 0 radical (unpaired) electrons. The van der Waals surface area contributed by atoms with Crippen LogP contribution in [0.1, 0.15) is 36.7 Å². The third kappa shape index (κ3) is 5.64. The van der Waals surface area contributed by atoms with Gasteiger partial charge in [0, 0.05) is 5.69 Å². The van der Waals surface area contributed by atoms with E-state index in [1.165, 1.54) is 36.4 Å². The highest BCUT2D eigenvalue weighted by Gasteiger charge is 2.21. The number of carbonyl (C=O) groups is 1. The predicted molar refractivity (Wildman–Crippen MR) is 122 cm³/mol. The molecule has 0 bridgehead atoms. The third-order valence-corrected chi connectivity index (χ3v) is 5.83. The maximum Gasteiger partial charge on any atom is 0.259 e. The molecule has 0 spiro atoms. The quantitative estimate of drug-likeness (QED) is 0.510. The Labute approximate surface area is 191 Å². The maximum atomic E-state index is 13.4. The van der Waals surface area contributed by atoms with E-state index in [2.05, 4.69) is 5.32 Å². The number of amides is 1. The van der Waals surface area contributed by atoms with Gasteiger partial charge in [0.15, 0.2) is 0 Å². The number of nitrogens with two attached hydrogens (primary N) is 1. The first-order valence-electron chi connectivity index (χ1n) is 9.56. The molecule has 6 nitrogen and oxygen atoms in total. The number of halogens is 2. The van der Waals surface area contributed by atoms with E-state index >= 15 is 0 Å². The first kappa shape index (κ1) is 23.7. The highest BCUT2D eigenvalue weighted by Crippen LogP contribution is 2.35. The summed E-state index contributed by atoms with van der Waals surface area (Å²) in [4.78, 5) is 12.9.